The van der Waals surface area contributed by atoms with Gasteiger partial charge in [0.25, 0.3) is 0 Å². The Kier molecular flexibility index (Phi) is 3.80. The molecule has 5 heteroatoms. The van der Waals surface area contributed by atoms with Crippen molar-refractivity contribution < 1.29 is 4.74 Å². The molecule has 0 aliphatic carbocycles. The fourth-order valence-electron chi connectivity index (χ4n) is 2.48. The quantitative estimate of drug-likeness (QED) is 0.847. The average Bonchev–Trinajstić information content (AvgIpc) is 2.47. The normalized spacial score (nSPS) is 16.5. The number of morpholine rings is 1. The summed E-state index contributed by atoms with van der Waals surface area (Å²) in [5, 5.41) is 1.10. The molecule has 5 nitrogen and oxygen atoms in total. The molecule has 0 atom stereocenters. The summed E-state index contributed by atoms with van der Waals surface area (Å²) in [6, 6.07) is 8.17. The van der Waals surface area contributed by atoms with Gasteiger partial charge in [0.05, 0.1) is 25.3 Å². The highest BCUT2D eigenvalue weighted by molar-refractivity contribution is 5.89. The first-order chi connectivity index (χ1) is 9.74. The third kappa shape index (κ3) is 2.73. The molecular formula is C15H20N4O. The second-order valence-electron chi connectivity index (χ2n) is 5.26. The van der Waals surface area contributed by atoms with Crippen LogP contribution in [-0.4, -0.2) is 55.3 Å². The molecule has 1 aliphatic rings. The fraction of sp³-hybridized carbons (Fsp3) is 0.467. The number of rotatable bonds is 3. The van der Waals surface area contributed by atoms with E-state index in [2.05, 4.69) is 11.0 Å². The lowest BCUT2D eigenvalue weighted by molar-refractivity contribution is 0.0331. The average molecular weight is 272 g/mol. The van der Waals surface area contributed by atoms with E-state index in [0.717, 1.165) is 55.4 Å². The Morgan fingerprint density at radius 2 is 1.90 bits per heavy atom. The molecule has 0 saturated carbocycles. The Morgan fingerprint density at radius 3 is 2.65 bits per heavy atom. The zero-order valence-electron chi connectivity index (χ0n) is 12.0. The van der Waals surface area contributed by atoms with Crippen molar-refractivity contribution in [1.82, 2.24) is 14.9 Å². The largest absolute Gasteiger partial charge is 0.379 e. The Labute approximate surface area is 119 Å². The minimum Gasteiger partial charge on any atom is -0.379 e. The highest BCUT2D eigenvalue weighted by Gasteiger charge is 2.14. The van der Waals surface area contributed by atoms with E-state index in [1.807, 2.05) is 37.2 Å². The summed E-state index contributed by atoms with van der Waals surface area (Å²) < 4.78 is 5.38. The van der Waals surface area contributed by atoms with Gasteiger partial charge in [-0.25, -0.2) is 9.97 Å². The molecule has 2 aromatic rings. The third-order valence-electron chi connectivity index (χ3n) is 3.52. The predicted octanol–water partition coefficient (Wildman–Crippen LogP) is 1.53. The maximum atomic E-state index is 5.38. The first-order valence-corrected chi connectivity index (χ1v) is 6.97. The molecule has 0 N–H and O–H groups in total. The molecule has 0 bridgehead atoms. The van der Waals surface area contributed by atoms with Crippen LogP contribution in [-0.2, 0) is 11.3 Å². The zero-order valence-corrected chi connectivity index (χ0v) is 12.0. The molecule has 2 heterocycles. The summed E-state index contributed by atoms with van der Waals surface area (Å²) in [6.45, 7) is 4.29. The van der Waals surface area contributed by atoms with Gasteiger partial charge in [-0.2, -0.15) is 0 Å². The summed E-state index contributed by atoms with van der Waals surface area (Å²) >= 11 is 0. The molecule has 1 fully saturated rings. The highest BCUT2D eigenvalue weighted by atomic mass is 16.5. The van der Waals surface area contributed by atoms with Crippen LogP contribution in [0.2, 0.25) is 0 Å². The van der Waals surface area contributed by atoms with Gasteiger partial charge in [0.15, 0.2) is 0 Å². The van der Waals surface area contributed by atoms with Crippen molar-refractivity contribution in [2.45, 2.75) is 6.54 Å². The van der Waals surface area contributed by atoms with Crippen molar-refractivity contribution in [2.24, 2.45) is 0 Å². The van der Waals surface area contributed by atoms with Crippen molar-refractivity contribution >= 4 is 16.7 Å². The van der Waals surface area contributed by atoms with E-state index in [-0.39, 0.29) is 0 Å². The van der Waals surface area contributed by atoms with Crippen LogP contribution in [0, 0.1) is 0 Å². The molecule has 0 radical (unpaired) electrons. The fourth-order valence-corrected chi connectivity index (χ4v) is 2.48. The molecule has 0 unspecified atom stereocenters. The third-order valence-corrected chi connectivity index (χ3v) is 3.52. The van der Waals surface area contributed by atoms with Crippen LogP contribution in [0.3, 0.4) is 0 Å². The molecule has 20 heavy (non-hydrogen) atoms. The molecule has 1 aromatic carbocycles. The molecule has 1 aromatic heterocycles. The molecule has 0 amide bonds. The van der Waals surface area contributed by atoms with Gasteiger partial charge in [-0.05, 0) is 12.1 Å². The minimum absolute atomic E-state index is 0.787. The maximum Gasteiger partial charge on any atom is 0.145 e. The van der Waals surface area contributed by atoms with Crippen molar-refractivity contribution in [3.63, 3.8) is 0 Å². The zero-order chi connectivity index (χ0) is 13.9. The van der Waals surface area contributed by atoms with Gasteiger partial charge >= 0.3 is 0 Å². The molecule has 0 spiro atoms. The van der Waals surface area contributed by atoms with Crippen LogP contribution < -0.4 is 4.90 Å². The second kappa shape index (κ2) is 5.73. The van der Waals surface area contributed by atoms with E-state index in [0.29, 0.717) is 0 Å². The number of benzene rings is 1. The summed E-state index contributed by atoms with van der Waals surface area (Å²) in [7, 11) is 4.04. The topological polar surface area (TPSA) is 41.5 Å². The van der Waals surface area contributed by atoms with Crippen molar-refractivity contribution in [3.8, 4) is 0 Å². The summed E-state index contributed by atoms with van der Waals surface area (Å²) in [5.41, 5.74) is 1.01. The smallest absolute Gasteiger partial charge is 0.145 e. The van der Waals surface area contributed by atoms with E-state index in [4.69, 9.17) is 14.7 Å². The molecular weight excluding hydrogens is 252 g/mol. The first-order valence-electron chi connectivity index (χ1n) is 6.97. The van der Waals surface area contributed by atoms with Gasteiger partial charge in [-0.3, -0.25) is 4.90 Å². The maximum absolute atomic E-state index is 5.38. The second-order valence-corrected chi connectivity index (χ2v) is 5.26. The molecule has 3 rings (SSSR count). The van der Waals surface area contributed by atoms with Gasteiger partial charge in [0.1, 0.15) is 11.6 Å². The predicted molar refractivity (Wildman–Crippen MR) is 80.0 cm³/mol. The van der Waals surface area contributed by atoms with Crippen LogP contribution in [0.4, 0.5) is 5.82 Å². The molecule has 106 valence electrons. The first kappa shape index (κ1) is 13.3. The van der Waals surface area contributed by atoms with E-state index >= 15 is 0 Å². The van der Waals surface area contributed by atoms with Crippen LogP contribution in [0.1, 0.15) is 5.82 Å². The van der Waals surface area contributed by atoms with Crippen molar-refractivity contribution in [3.05, 3.63) is 30.1 Å². The van der Waals surface area contributed by atoms with Gasteiger partial charge in [0.2, 0.25) is 0 Å². The number of hydrogen-bond donors (Lipinski definition) is 0. The van der Waals surface area contributed by atoms with E-state index in [1.54, 1.807) is 0 Å². The summed E-state index contributed by atoms with van der Waals surface area (Å²) in [6.07, 6.45) is 0. The van der Waals surface area contributed by atoms with Gasteiger partial charge in [-0.15, -0.1) is 0 Å². The number of ether oxygens (including phenoxy) is 1. The number of fused-ring (bicyclic) bond motifs is 1. The number of anilines is 1. The highest BCUT2D eigenvalue weighted by Crippen LogP contribution is 2.22. The van der Waals surface area contributed by atoms with Gasteiger partial charge in [0, 0.05) is 32.6 Å². The standard InChI is InChI=1S/C15H20N4O/c1-18(2)15-12-5-3-4-6-13(12)16-14(17-15)11-19-7-9-20-10-8-19/h3-6H,7-11H2,1-2H3. The van der Waals surface area contributed by atoms with Crippen molar-refractivity contribution in [2.75, 3.05) is 45.3 Å². The molecule has 1 aliphatic heterocycles. The van der Waals surface area contributed by atoms with Crippen LogP contribution in [0.5, 0.6) is 0 Å². The Morgan fingerprint density at radius 1 is 1.15 bits per heavy atom. The Balaban J connectivity index is 1.94. The van der Waals surface area contributed by atoms with E-state index in [1.165, 1.54) is 0 Å². The SMILES string of the molecule is CN(C)c1nc(CN2CCOCC2)nc2ccccc12. The van der Waals surface area contributed by atoms with E-state index < -0.39 is 0 Å². The van der Waals surface area contributed by atoms with Crippen LogP contribution in [0.25, 0.3) is 10.9 Å². The van der Waals surface area contributed by atoms with E-state index in [9.17, 15) is 0 Å². The Bertz CT molecular complexity index is 593. The lowest BCUT2D eigenvalue weighted by Crippen LogP contribution is -2.36. The summed E-state index contributed by atoms with van der Waals surface area (Å²) in [4.78, 5) is 13.8. The van der Waals surface area contributed by atoms with Crippen molar-refractivity contribution in [1.29, 1.82) is 0 Å². The minimum atomic E-state index is 0.787. The number of para-hydroxylation sites is 1. The lowest BCUT2D eigenvalue weighted by atomic mass is 10.2. The van der Waals surface area contributed by atoms with Gasteiger partial charge in [-0.1, -0.05) is 12.1 Å². The number of nitrogens with zero attached hydrogens (tertiary/aromatic N) is 4. The van der Waals surface area contributed by atoms with Gasteiger partial charge < -0.3 is 9.64 Å². The summed E-state index contributed by atoms with van der Waals surface area (Å²) in [5.74, 6) is 1.87. The molecule has 1 saturated heterocycles. The van der Waals surface area contributed by atoms with Crippen LogP contribution in [0.15, 0.2) is 24.3 Å². The van der Waals surface area contributed by atoms with Crippen LogP contribution >= 0.6 is 0 Å². The lowest BCUT2D eigenvalue weighted by Gasteiger charge is -2.26. The Hall–Kier alpha value is -1.72. The number of aromatic nitrogens is 2. The monoisotopic (exact) mass is 272 g/mol. The number of hydrogen-bond acceptors (Lipinski definition) is 5.